The third kappa shape index (κ3) is 3.12. The lowest BCUT2D eigenvalue weighted by Gasteiger charge is -2.17. The van der Waals surface area contributed by atoms with Crippen LogP contribution in [0.5, 0.6) is 0 Å². The highest BCUT2D eigenvalue weighted by atomic mass is 35.5. The van der Waals surface area contributed by atoms with Gasteiger partial charge in [-0.1, -0.05) is 11.6 Å². The highest BCUT2D eigenvalue weighted by Crippen LogP contribution is 2.19. The van der Waals surface area contributed by atoms with E-state index in [1.54, 1.807) is 17.0 Å². The number of amides is 1. The van der Waals surface area contributed by atoms with Gasteiger partial charge >= 0.3 is 0 Å². The van der Waals surface area contributed by atoms with Gasteiger partial charge in [0.05, 0.1) is 0 Å². The van der Waals surface area contributed by atoms with E-state index >= 15 is 0 Å². The van der Waals surface area contributed by atoms with Crippen molar-refractivity contribution in [2.24, 2.45) is 5.73 Å². The van der Waals surface area contributed by atoms with Crippen LogP contribution in [0, 0.1) is 6.92 Å². The molecule has 0 aliphatic carbocycles. The molecule has 1 aliphatic rings. The van der Waals surface area contributed by atoms with Gasteiger partial charge in [0.25, 0.3) is 5.91 Å². The third-order valence-corrected chi connectivity index (χ3v) is 3.17. The number of nitrogens with zero attached hydrogens (tertiary/aromatic N) is 1. The summed E-state index contributed by atoms with van der Waals surface area (Å²) in [6, 6.07) is 5.46. The molecular formula is C12H16Cl2N2O. The van der Waals surface area contributed by atoms with Crippen molar-refractivity contribution in [1.29, 1.82) is 0 Å². The van der Waals surface area contributed by atoms with Crippen molar-refractivity contribution < 1.29 is 4.79 Å². The van der Waals surface area contributed by atoms with Crippen LogP contribution in [0.1, 0.15) is 22.3 Å². The second kappa shape index (κ2) is 5.71. The molecule has 1 aliphatic heterocycles. The molecular weight excluding hydrogens is 259 g/mol. The summed E-state index contributed by atoms with van der Waals surface area (Å²) in [7, 11) is 0. The highest BCUT2D eigenvalue weighted by Gasteiger charge is 2.25. The van der Waals surface area contributed by atoms with E-state index in [9.17, 15) is 4.79 Å². The molecule has 1 aromatic rings. The minimum atomic E-state index is 0. The lowest BCUT2D eigenvalue weighted by atomic mass is 10.1. The summed E-state index contributed by atoms with van der Waals surface area (Å²) in [5, 5.41) is 0.659. The second-order valence-electron chi connectivity index (χ2n) is 4.26. The number of likely N-dealkylation sites (tertiary alicyclic amines) is 1. The summed E-state index contributed by atoms with van der Waals surface area (Å²) >= 11 is 5.86. The van der Waals surface area contributed by atoms with Crippen molar-refractivity contribution in [3.63, 3.8) is 0 Å². The van der Waals surface area contributed by atoms with Crippen LogP contribution < -0.4 is 5.73 Å². The number of halogens is 2. The number of hydrogen-bond donors (Lipinski definition) is 1. The molecule has 1 fully saturated rings. The average molecular weight is 275 g/mol. The Morgan fingerprint density at radius 3 is 2.76 bits per heavy atom. The van der Waals surface area contributed by atoms with Gasteiger partial charge in [-0.15, -0.1) is 12.4 Å². The van der Waals surface area contributed by atoms with Crippen molar-refractivity contribution >= 4 is 29.9 Å². The maximum Gasteiger partial charge on any atom is 0.254 e. The van der Waals surface area contributed by atoms with Crippen LogP contribution in [0.4, 0.5) is 0 Å². The number of carbonyl (C=O) groups is 1. The van der Waals surface area contributed by atoms with E-state index in [0.29, 0.717) is 11.6 Å². The van der Waals surface area contributed by atoms with Gasteiger partial charge in [0.1, 0.15) is 0 Å². The lowest BCUT2D eigenvalue weighted by molar-refractivity contribution is 0.0790. The molecule has 3 nitrogen and oxygen atoms in total. The zero-order valence-electron chi connectivity index (χ0n) is 9.65. The molecule has 1 saturated heterocycles. The fourth-order valence-electron chi connectivity index (χ4n) is 2.01. The van der Waals surface area contributed by atoms with Crippen LogP contribution in [-0.4, -0.2) is 29.9 Å². The Labute approximate surface area is 112 Å². The fraction of sp³-hybridized carbons (Fsp3) is 0.417. The first-order valence-corrected chi connectivity index (χ1v) is 5.76. The predicted molar refractivity (Wildman–Crippen MR) is 71.9 cm³/mol. The maximum atomic E-state index is 12.2. The highest BCUT2D eigenvalue weighted by molar-refractivity contribution is 6.30. The monoisotopic (exact) mass is 274 g/mol. The average Bonchev–Trinajstić information content (AvgIpc) is 2.64. The standard InChI is InChI=1S/C12H15ClN2O.ClH/c1-8-6-9(13)2-3-11(8)12(16)15-5-4-10(14)7-15;/h2-3,6,10H,4-5,7,14H2,1H3;1H/t10-;/m0./s1. The van der Waals surface area contributed by atoms with E-state index in [1.165, 1.54) is 0 Å². The van der Waals surface area contributed by atoms with Gasteiger partial charge in [0.15, 0.2) is 0 Å². The van der Waals surface area contributed by atoms with E-state index in [2.05, 4.69) is 0 Å². The van der Waals surface area contributed by atoms with Crippen molar-refractivity contribution in [2.75, 3.05) is 13.1 Å². The topological polar surface area (TPSA) is 46.3 Å². The third-order valence-electron chi connectivity index (χ3n) is 2.93. The summed E-state index contributed by atoms with van der Waals surface area (Å²) in [6.07, 6.45) is 0.887. The Hall–Kier alpha value is -0.770. The van der Waals surface area contributed by atoms with Crippen LogP contribution in [0.25, 0.3) is 0 Å². The normalized spacial score (nSPS) is 19.0. The van der Waals surface area contributed by atoms with Crippen molar-refractivity contribution in [2.45, 2.75) is 19.4 Å². The Morgan fingerprint density at radius 1 is 1.53 bits per heavy atom. The first-order chi connectivity index (χ1) is 7.58. The number of hydrogen-bond acceptors (Lipinski definition) is 2. The second-order valence-corrected chi connectivity index (χ2v) is 4.70. The first kappa shape index (κ1) is 14.3. The van der Waals surface area contributed by atoms with Crippen LogP contribution >= 0.6 is 24.0 Å². The van der Waals surface area contributed by atoms with Gasteiger partial charge in [0, 0.05) is 29.7 Å². The molecule has 0 unspecified atom stereocenters. The molecule has 2 rings (SSSR count). The quantitative estimate of drug-likeness (QED) is 0.854. The summed E-state index contributed by atoms with van der Waals surface area (Å²) in [5.41, 5.74) is 7.42. The Morgan fingerprint density at radius 2 is 2.24 bits per heavy atom. The van der Waals surface area contributed by atoms with Crippen LogP contribution in [0.2, 0.25) is 5.02 Å². The molecule has 17 heavy (non-hydrogen) atoms. The van der Waals surface area contributed by atoms with E-state index in [-0.39, 0.29) is 24.4 Å². The van der Waals surface area contributed by atoms with Gasteiger partial charge in [-0.2, -0.15) is 0 Å². The minimum Gasteiger partial charge on any atom is -0.337 e. The molecule has 1 aromatic carbocycles. The SMILES string of the molecule is Cc1cc(Cl)ccc1C(=O)N1CC[C@H](N)C1.Cl. The van der Waals surface area contributed by atoms with Gasteiger partial charge in [0.2, 0.25) is 0 Å². The van der Waals surface area contributed by atoms with Gasteiger partial charge in [-0.3, -0.25) is 4.79 Å². The summed E-state index contributed by atoms with van der Waals surface area (Å²) in [5.74, 6) is 0.0575. The largest absolute Gasteiger partial charge is 0.337 e. The molecule has 1 amide bonds. The Balaban J connectivity index is 0.00000144. The molecule has 2 N–H and O–H groups in total. The summed E-state index contributed by atoms with van der Waals surface area (Å²) < 4.78 is 0. The van der Waals surface area contributed by atoms with E-state index in [1.807, 2.05) is 13.0 Å². The molecule has 0 saturated carbocycles. The van der Waals surface area contributed by atoms with Gasteiger partial charge in [-0.05, 0) is 37.1 Å². The molecule has 5 heteroatoms. The zero-order chi connectivity index (χ0) is 11.7. The lowest BCUT2D eigenvalue weighted by Crippen LogP contribution is -2.32. The molecule has 0 bridgehead atoms. The summed E-state index contributed by atoms with van der Waals surface area (Å²) in [4.78, 5) is 14.0. The molecule has 94 valence electrons. The minimum absolute atomic E-state index is 0. The van der Waals surface area contributed by atoms with E-state index < -0.39 is 0 Å². The molecule has 0 aromatic heterocycles. The number of aryl methyl sites for hydroxylation is 1. The number of nitrogens with two attached hydrogens (primary N) is 1. The van der Waals surface area contributed by atoms with Gasteiger partial charge in [-0.25, -0.2) is 0 Å². The summed E-state index contributed by atoms with van der Waals surface area (Å²) in [6.45, 7) is 3.30. The van der Waals surface area contributed by atoms with E-state index in [4.69, 9.17) is 17.3 Å². The molecule has 0 spiro atoms. The first-order valence-electron chi connectivity index (χ1n) is 5.39. The van der Waals surface area contributed by atoms with E-state index in [0.717, 1.165) is 24.1 Å². The van der Waals surface area contributed by atoms with Crippen molar-refractivity contribution in [1.82, 2.24) is 4.90 Å². The number of rotatable bonds is 1. The molecule has 1 atom stereocenters. The predicted octanol–water partition coefficient (Wildman–Crippen LogP) is 2.24. The van der Waals surface area contributed by atoms with Crippen LogP contribution in [0.3, 0.4) is 0 Å². The fourth-order valence-corrected chi connectivity index (χ4v) is 2.24. The molecule has 0 radical (unpaired) electrons. The van der Waals surface area contributed by atoms with Crippen LogP contribution in [0.15, 0.2) is 18.2 Å². The Bertz CT molecular complexity index is 423. The van der Waals surface area contributed by atoms with Crippen molar-refractivity contribution in [3.05, 3.63) is 34.3 Å². The van der Waals surface area contributed by atoms with Crippen LogP contribution in [-0.2, 0) is 0 Å². The van der Waals surface area contributed by atoms with Crippen molar-refractivity contribution in [3.8, 4) is 0 Å². The zero-order valence-corrected chi connectivity index (χ0v) is 11.2. The molecule has 1 heterocycles. The number of benzene rings is 1. The number of carbonyl (C=O) groups excluding carboxylic acids is 1. The smallest absolute Gasteiger partial charge is 0.254 e. The maximum absolute atomic E-state index is 12.2. The Kier molecular flexibility index (Phi) is 4.80. The van der Waals surface area contributed by atoms with Gasteiger partial charge < -0.3 is 10.6 Å².